The monoisotopic (exact) mass is 208 g/mol. The maximum atomic E-state index is 5.17. The third-order valence-electron chi connectivity index (χ3n) is 1.30. The quantitative estimate of drug-likeness (QED) is 0.465. The fraction of sp³-hybridized carbons (Fsp3) is 1.00. The van der Waals surface area contributed by atoms with Gasteiger partial charge in [0.2, 0.25) is 0 Å². The molecule has 0 aromatic rings. The summed E-state index contributed by atoms with van der Waals surface area (Å²) in [7, 11) is 0. The molecule has 0 aromatic carbocycles. The molecule has 1 fully saturated rings. The molecule has 2 heteroatoms. The van der Waals surface area contributed by atoms with Gasteiger partial charge < -0.3 is 0 Å². The summed E-state index contributed by atoms with van der Waals surface area (Å²) in [5.41, 5.74) is 0. The Hall–Kier alpha value is 0.759. The Morgan fingerprint density at radius 2 is 1.86 bits per heavy atom. The van der Waals surface area contributed by atoms with Gasteiger partial charge in [0, 0.05) is 0 Å². The SMILES string of the molecule is [CH3][Sn]([CH3])([CH3])[CH]1CO1. The summed E-state index contributed by atoms with van der Waals surface area (Å²) >= 11 is -1.48. The summed E-state index contributed by atoms with van der Waals surface area (Å²) in [4.78, 5) is 7.23. The van der Waals surface area contributed by atoms with E-state index in [1.54, 1.807) is 0 Å². The summed E-state index contributed by atoms with van der Waals surface area (Å²) in [5.74, 6) is 0. The molecule has 0 amide bonds. The van der Waals surface area contributed by atoms with Crippen LogP contribution in [0.2, 0.25) is 14.8 Å². The molecule has 0 aliphatic carbocycles. The first-order chi connectivity index (χ1) is 3.11. The molecule has 1 atom stereocenters. The van der Waals surface area contributed by atoms with Crippen molar-refractivity contribution in [2.45, 2.75) is 18.9 Å². The van der Waals surface area contributed by atoms with Gasteiger partial charge in [0.1, 0.15) is 0 Å². The van der Waals surface area contributed by atoms with E-state index >= 15 is 0 Å². The first-order valence-corrected chi connectivity index (χ1v) is 12.9. The van der Waals surface area contributed by atoms with Crippen LogP contribution in [-0.2, 0) is 4.74 Å². The van der Waals surface area contributed by atoms with Crippen LogP contribution < -0.4 is 0 Å². The van der Waals surface area contributed by atoms with Crippen LogP contribution in [-0.4, -0.2) is 29.1 Å². The second-order valence-electron chi connectivity index (χ2n) is 3.19. The minimum absolute atomic E-state index is 0.759. The maximum absolute atomic E-state index is 5.17. The molecule has 0 N–H and O–H groups in total. The van der Waals surface area contributed by atoms with Crippen molar-refractivity contribution in [1.29, 1.82) is 0 Å². The molecule has 1 nitrogen and oxygen atoms in total. The van der Waals surface area contributed by atoms with E-state index in [2.05, 4.69) is 14.8 Å². The van der Waals surface area contributed by atoms with Crippen LogP contribution in [0.5, 0.6) is 0 Å². The summed E-state index contributed by atoms with van der Waals surface area (Å²) in [5, 5.41) is 0. The van der Waals surface area contributed by atoms with E-state index < -0.39 is 18.4 Å². The van der Waals surface area contributed by atoms with Crippen LogP contribution in [0, 0.1) is 0 Å². The van der Waals surface area contributed by atoms with Crippen LogP contribution in [0.25, 0.3) is 0 Å². The number of rotatable bonds is 1. The first kappa shape index (κ1) is 5.89. The second kappa shape index (κ2) is 1.62. The molecule has 0 aromatic heterocycles. The molecule has 1 aliphatic rings. The van der Waals surface area contributed by atoms with E-state index in [1.807, 2.05) is 0 Å². The molecular formula is C5H12OSn. The van der Waals surface area contributed by atoms with Gasteiger partial charge in [0.25, 0.3) is 0 Å². The average molecular weight is 207 g/mol. The van der Waals surface area contributed by atoms with Crippen molar-refractivity contribution in [3.05, 3.63) is 0 Å². The molecule has 1 unspecified atom stereocenters. The average Bonchev–Trinajstić information content (AvgIpc) is 1.99. The molecule has 0 bridgehead atoms. The zero-order valence-electron chi connectivity index (χ0n) is 5.19. The first-order valence-electron chi connectivity index (χ1n) is 2.72. The Morgan fingerprint density at radius 3 is 1.86 bits per heavy atom. The van der Waals surface area contributed by atoms with Gasteiger partial charge >= 0.3 is 48.7 Å². The molecule has 0 spiro atoms. The molecule has 42 valence electrons. The number of hydrogen-bond donors (Lipinski definition) is 0. The Kier molecular flexibility index (Phi) is 1.36. The minimum atomic E-state index is -1.48. The number of hydrogen-bond acceptors (Lipinski definition) is 1. The van der Waals surface area contributed by atoms with Crippen molar-refractivity contribution in [2.24, 2.45) is 0 Å². The molecule has 0 radical (unpaired) electrons. The van der Waals surface area contributed by atoms with Gasteiger partial charge in [0.15, 0.2) is 0 Å². The van der Waals surface area contributed by atoms with E-state index in [-0.39, 0.29) is 0 Å². The number of epoxide rings is 1. The van der Waals surface area contributed by atoms with Crippen molar-refractivity contribution >= 4 is 18.4 Å². The van der Waals surface area contributed by atoms with E-state index in [0.717, 1.165) is 10.7 Å². The fourth-order valence-corrected chi connectivity index (χ4v) is 3.68. The predicted molar refractivity (Wildman–Crippen MR) is 33.1 cm³/mol. The molecule has 0 saturated carbocycles. The van der Waals surface area contributed by atoms with Crippen molar-refractivity contribution in [1.82, 2.24) is 0 Å². The molecule has 1 saturated heterocycles. The Bertz CT molecular complexity index is 70.6. The summed E-state index contributed by atoms with van der Waals surface area (Å²) < 4.78 is 5.92. The van der Waals surface area contributed by atoms with E-state index in [1.165, 1.54) is 0 Å². The van der Waals surface area contributed by atoms with E-state index in [0.29, 0.717) is 0 Å². The predicted octanol–water partition coefficient (Wildman–Crippen LogP) is 1.26. The third-order valence-corrected chi connectivity index (χ3v) is 7.76. The van der Waals surface area contributed by atoms with Crippen molar-refractivity contribution in [2.75, 3.05) is 6.61 Å². The van der Waals surface area contributed by atoms with Crippen LogP contribution in [0.15, 0.2) is 0 Å². The van der Waals surface area contributed by atoms with Crippen molar-refractivity contribution < 1.29 is 4.74 Å². The standard InChI is InChI=1S/C2H3O.3CH3.Sn/c1-2-3-1;;;;/h1H,2H2;3*1H3;. The van der Waals surface area contributed by atoms with Gasteiger partial charge in [-0.25, -0.2) is 0 Å². The zero-order chi connectivity index (χ0) is 5.49. The van der Waals surface area contributed by atoms with Gasteiger partial charge in [0.05, 0.1) is 0 Å². The molecule has 1 heterocycles. The van der Waals surface area contributed by atoms with Gasteiger partial charge in [-0.2, -0.15) is 0 Å². The normalized spacial score (nSPS) is 30.4. The van der Waals surface area contributed by atoms with Gasteiger partial charge in [-0.1, -0.05) is 0 Å². The summed E-state index contributed by atoms with van der Waals surface area (Å²) in [6.07, 6.45) is 0. The van der Waals surface area contributed by atoms with Crippen LogP contribution >= 0.6 is 0 Å². The van der Waals surface area contributed by atoms with Crippen LogP contribution in [0.3, 0.4) is 0 Å². The number of ether oxygens (including phenoxy) is 1. The molecule has 1 aliphatic heterocycles. The van der Waals surface area contributed by atoms with Crippen molar-refractivity contribution in [3.63, 3.8) is 0 Å². The third kappa shape index (κ3) is 1.61. The molecular weight excluding hydrogens is 195 g/mol. The van der Waals surface area contributed by atoms with E-state index in [9.17, 15) is 0 Å². The topological polar surface area (TPSA) is 12.5 Å². The van der Waals surface area contributed by atoms with E-state index in [4.69, 9.17) is 4.74 Å². The Balaban J connectivity index is 2.36. The Labute approximate surface area is 48.9 Å². The van der Waals surface area contributed by atoms with Gasteiger partial charge in [-0.3, -0.25) is 0 Å². The fourth-order valence-electron chi connectivity index (χ4n) is 0.548. The zero-order valence-corrected chi connectivity index (χ0v) is 8.05. The van der Waals surface area contributed by atoms with Crippen LogP contribution in [0.1, 0.15) is 0 Å². The molecule has 7 heavy (non-hydrogen) atoms. The van der Waals surface area contributed by atoms with Crippen LogP contribution in [0.4, 0.5) is 0 Å². The summed E-state index contributed by atoms with van der Waals surface area (Å²) in [6.45, 7) is 1.07. The molecule has 1 rings (SSSR count). The van der Waals surface area contributed by atoms with Gasteiger partial charge in [-0.15, -0.1) is 0 Å². The second-order valence-corrected chi connectivity index (χ2v) is 18.5. The van der Waals surface area contributed by atoms with Gasteiger partial charge in [-0.05, 0) is 0 Å². The Morgan fingerprint density at radius 1 is 1.43 bits per heavy atom. The van der Waals surface area contributed by atoms with Crippen molar-refractivity contribution in [3.8, 4) is 0 Å². The summed E-state index contributed by atoms with van der Waals surface area (Å²) in [6, 6.07) is 0.